The highest BCUT2D eigenvalue weighted by atomic mass is 16.5. The molecule has 3 rings (SSSR count). The summed E-state index contributed by atoms with van der Waals surface area (Å²) in [6, 6.07) is 16.4. The zero-order chi connectivity index (χ0) is 19.8. The van der Waals surface area contributed by atoms with E-state index in [1.807, 2.05) is 36.4 Å². The number of hydrogen-bond acceptors (Lipinski definition) is 4. The normalized spacial score (nSPS) is 15.9. The minimum Gasteiger partial charge on any atom is -0.508 e. The van der Waals surface area contributed by atoms with Gasteiger partial charge in [-0.15, -0.1) is 0 Å². The Morgan fingerprint density at radius 2 is 1.86 bits per heavy atom. The molecule has 1 unspecified atom stereocenters. The number of phenols is 1. The lowest BCUT2D eigenvalue weighted by atomic mass is 10.1. The first-order valence-corrected chi connectivity index (χ1v) is 9.58. The van der Waals surface area contributed by atoms with E-state index in [4.69, 9.17) is 4.74 Å². The van der Waals surface area contributed by atoms with Crippen molar-refractivity contribution in [3.05, 3.63) is 65.7 Å². The van der Waals surface area contributed by atoms with E-state index in [1.54, 1.807) is 23.1 Å². The molecule has 28 heavy (non-hydrogen) atoms. The molecule has 2 N–H and O–H groups in total. The fraction of sp³-hybridized carbons (Fsp3) is 0.364. The summed E-state index contributed by atoms with van der Waals surface area (Å²) >= 11 is 0. The summed E-state index contributed by atoms with van der Waals surface area (Å²) in [4.78, 5) is 26.6. The number of para-hydroxylation sites is 1. The molecule has 0 radical (unpaired) electrons. The van der Waals surface area contributed by atoms with E-state index in [0.717, 1.165) is 18.4 Å². The molecule has 2 aromatic carbocycles. The molecule has 2 aromatic rings. The predicted molar refractivity (Wildman–Crippen MR) is 106 cm³/mol. The Morgan fingerprint density at radius 3 is 2.57 bits per heavy atom. The van der Waals surface area contributed by atoms with Crippen LogP contribution in [0.3, 0.4) is 0 Å². The number of rotatable bonds is 8. The molecular weight excluding hydrogens is 356 g/mol. The van der Waals surface area contributed by atoms with Crippen molar-refractivity contribution in [2.24, 2.45) is 0 Å². The van der Waals surface area contributed by atoms with E-state index < -0.39 is 0 Å². The number of phenolic OH excluding ortho intramolecular Hbond substituents is 1. The summed E-state index contributed by atoms with van der Waals surface area (Å²) in [5, 5.41) is 12.7. The number of nitrogens with zero attached hydrogens (tertiary/aromatic N) is 1. The van der Waals surface area contributed by atoms with Crippen molar-refractivity contribution >= 4 is 11.8 Å². The molecule has 148 valence electrons. The second-order valence-electron chi connectivity index (χ2n) is 6.98. The van der Waals surface area contributed by atoms with Gasteiger partial charge in [0.2, 0.25) is 11.8 Å². The minimum atomic E-state index is -0.195. The van der Waals surface area contributed by atoms with Gasteiger partial charge < -0.3 is 20.1 Å². The van der Waals surface area contributed by atoms with E-state index >= 15 is 0 Å². The molecule has 1 aliphatic rings. The second kappa shape index (κ2) is 9.90. The molecule has 1 heterocycles. The van der Waals surface area contributed by atoms with Gasteiger partial charge >= 0.3 is 0 Å². The molecule has 0 aliphatic carbocycles. The molecule has 0 spiro atoms. The molecule has 2 amide bonds. The van der Waals surface area contributed by atoms with E-state index in [2.05, 4.69) is 5.32 Å². The largest absolute Gasteiger partial charge is 0.508 e. The molecule has 1 saturated heterocycles. The third-order valence-corrected chi connectivity index (χ3v) is 4.80. The summed E-state index contributed by atoms with van der Waals surface area (Å²) in [7, 11) is 0. The van der Waals surface area contributed by atoms with Crippen LogP contribution in [0.2, 0.25) is 0 Å². The van der Waals surface area contributed by atoms with Crippen molar-refractivity contribution in [2.75, 3.05) is 19.7 Å². The molecule has 1 aliphatic heterocycles. The highest BCUT2D eigenvalue weighted by Crippen LogP contribution is 2.20. The number of amides is 2. The van der Waals surface area contributed by atoms with Crippen LogP contribution in [0, 0.1) is 0 Å². The lowest BCUT2D eigenvalue weighted by Crippen LogP contribution is -2.43. The minimum absolute atomic E-state index is 0.00479. The van der Waals surface area contributed by atoms with E-state index in [9.17, 15) is 14.7 Å². The predicted octanol–water partition coefficient (Wildman–Crippen LogP) is 2.26. The van der Waals surface area contributed by atoms with Crippen molar-refractivity contribution in [3.63, 3.8) is 0 Å². The average Bonchev–Trinajstić information content (AvgIpc) is 3.21. The number of carbonyl (C=O) groups is 2. The standard InChI is InChI=1S/C22H26N2O4/c25-20-11-5-4-9-18(20)15-24(16-19-10-6-12-28-19)22(27)14-23-21(26)13-17-7-2-1-3-8-17/h1-5,7-9,11,19,25H,6,10,12-16H2,(H,23,26). The highest BCUT2D eigenvalue weighted by molar-refractivity contribution is 5.85. The maximum atomic E-state index is 12.8. The number of ether oxygens (including phenoxy) is 1. The van der Waals surface area contributed by atoms with Crippen LogP contribution < -0.4 is 5.32 Å². The van der Waals surface area contributed by atoms with Gasteiger partial charge in [0.15, 0.2) is 0 Å². The van der Waals surface area contributed by atoms with Gasteiger partial charge in [0.25, 0.3) is 0 Å². The van der Waals surface area contributed by atoms with Crippen molar-refractivity contribution in [1.82, 2.24) is 10.2 Å². The monoisotopic (exact) mass is 382 g/mol. The smallest absolute Gasteiger partial charge is 0.242 e. The Balaban J connectivity index is 1.59. The van der Waals surface area contributed by atoms with Crippen LogP contribution in [0.4, 0.5) is 0 Å². The number of aromatic hydroxyl groups is 1. The molecule has 0 saturated carbocycles. The van der Waals surface area contributed by atoms with Crippen LogP contribution in [-0.4, -0.2) is 47.6 Å². The van der Waals surface area contributed by atoms with Gasteiger partial charge in [-0.2, -0.15) is 0 Å². The Bertz CT molecular complexity index is 788. The summed E-state index contributed by atoms with van der Waals surface area (Å²) in [5.41, 5.74) is 1.57. The first kappa shape index (κ1) is 19.9. The number of hydrogen-bond donors (Lipinski definition) is 2. The second-order valence-corrected chi connectivity index (χ2v) is 6.98. The van der Waals surface area contributed by atoms with Crippen LogP contribution >= 0.6 is 0 Å². The fourth-order valence-electron chi connectivity index (χ4n) is 3.27. The summed E-state index contributed by atoms with van der Waals surface area (Å²) in [6.07, 6.45) is 2.12. The van der Waals surface area contributed by atoms with Gasteiger partial charge in [-0.1, -0.05) is 48.5 Å². The van der Waals surface area contributed by atoms with Gasteiger partial charge in [-0.05, 0) is 24.5 Å². The van der Waals surface area contributed by atoms with Crippen LogP contribution in [0.5, 0.6) is 5.75 Å². The Labute approximate surface area is 165 Å². The SMILES string of the molecule is O=C(Cc1ccccc1)NCC(=O)N(Cc1ccccc1O)CC1CCCO1. The molecule has 0 aromatic heterocycles. The Morgan fingerprint density at radius 1 is 1.11 bits per heavy atom. The third-order valence-electron chi connectivity index (χ3n) is 4.80. The first-order valence-electron chi connectivity index (χ1n) is 9.58. The fourth-order valence-corrected chi connectivity index (χ4v) is 3.27. The van der Waals surface area contributed by atoms with Crippen LogP contribution in [0.1, 0.15) is 24.0 Å². The summed E-state index contributed by atoms with van der Waals surface area (Å²) in [6.45, 7) is 1.35. The van der Waals surface area contributed by atoms with E-state index in [0.29, 0.717) is 18.7 Å². The molecular formula is C22H26N2O4. The average molecular weight is 382 g/mol. The first-order chi connectivity index (χ1) is 13.6. The van der Waals surface area contributed by atoms with Crippen LogP contribution in [-0.2, 0) is 27.3 Å². The van der Waals surface area contributed by atoms with Gasteiger partial charge in [0.05, 0.1) is 19.1 Å². The third kappa shape index (κ3) is 5.82. The summed E-state index contributed by atoms with van der Waals surface area (Å²) in [5.74, 6) is -0.236. The van der Waals surface area contributed by atoms with Crippen LogP contribution in [0.25, 0.3) is 0 Å². The zero-order valence-corrected chi connectivity index (χ0v) is 15.8. The summed E-state index contributed by atoms with van der Waals surface area (Å²) < 4.78 is 5.66. The van der Waals surface area contributed by atoms with Gasteiger partial charge in [0, 0.05) is 25.3 Å². The lowest BCUT2D eigenvalue weighted by molar-refractivity contribution is -0.134. The van der Waals surface area contributed by atoms with E-state index in [-0.39, 0.29) is 43.2 Å². The maximum absolute atomic E-state index is 12.8. The lowest BCUT2D eigenvalue weighted by Gasteiger charge is -2.26. The van der Waals surface area contributed by atoms with Gasteiger partial charge in [-0.25, -0.2) is 0 Å². The number of benzene rings is 2. The highest BCUT2D eigenvalue weighted by Gasteiger charge is 2.23. The number of nitrogens with one attached hydrogen (secondary N) is 1. The number of carbonyl (C=O) groups excluding carboxylic acids is 2. The molecule has 0 bridgehead atoms. The van der Waals surface area contributed by atoms with Crippen molar-refractivity contribution in [2.45, 2.75) is 31.9 Å². The molecule has 1 atom stereocenters. The molecule has 6 nitrogen and oxygen atoms in total. The quantitative estimate of drug-likeness (QED) is 0.734. The van der Waals surface area contributed by atoms with Crippen molar-refractivity contribution in [3.8, 4) is 5.75 Å². The Kier molecular flexibility index (Phi) is 7.03. The van der Waals surface area contributed by atoms with Gasteiger partial charge in [0.1, 0.15) is 5.75 Å². The van der Waals surface area contributed by atoms with Crippen molar-refractivity contribution < 1.29 is 19.4 Å². The maximum Gasteiger partial charge on any atom is 0.242 e. The topological polar surface area (TPSA) is 78.9 Å². The Hall–Kier alpha value is -2.86. The zero-order valence-electron chi connectivity index (χ0n) is 15.8. The van der Waals surface area contributed by atoms with Gasteiger partial charge in [-0.3, -0.25) is 9.59 Å². The van der Waals surface area contributed by atoms with Crippen LogP contribution in [0.15, 0.2) is 54.6 Å². The molecule has 6 heteroatoms. The van der Waals surface area contributed by atoms with E-state index in [1.165, 1.54) is 0 Å². The van der Waals surface area contributed by atoms with Crippen molar-refractivity contribution in [1.29, 1.82) is 0 Å². The molecule has 1 fully saturated rings.